The summed E-state index contributed by atoms with van der Waals surface area (Å²) in [6.07, 6.45) is 8.48. The van der Waals surface area contributed by atoms with Gasteiger partial charge in [0.15, 0.2) is 5.60 Å². The van der Waals surface area contributed by atoms with Crippen LogP contribution in [-0.2, 0) is 22.2 Å². The number of aryl methyl sites for hydroxylation is 1. The van der Waals surface area contributed by atoms with Gasteiger partial charge < -0.3 is 24.7 Å². The zero-order chi connectivity index (χ0) is 26.9. The average Bonchev–Trinajstić information content (AvgIpc) is 3.04. The predicted octanol–water partition coefficient (Wildman–Crippen LogP) is 5.89. The van der Waals surface area contributed by atoms with Crippen LogP contribution in [0.2, 0.25) is 5.02 Å². The van der Waals surface area contributed by atoms with Crippen LogP contribution in [0.3, 0.4) is 0 Å². The van der Waals surface area contributed by atoms with Crippen molar-refractivity contribution in [1.29, 1.82) is 0 Å². The van der Waals surface area contributed by atoms with Gasteiger partial charge in [0.05, 0.1) is 12.3 Å². The van der Waals surface area contributed by atoms with Gasteiger partial charge in [-0.05, 0) is 73.1 Å². The molecule has 2 atom stereocenters. The van der Waals surface area contributed by atoms with Gasteiger partial charge in [0.25, 0.3) is 0 Å². The Morgan fingerprint density at radius 3 is 2.61 bits per heavy atom. The van der Waals surface area contributed by atoms with Gasteiger partial charge in [0.2, 0.25) is 0 Å². The maximum Gasteiger partial charge on any atom is 0.340 e. The summed E-state index contributed by atoms with van der Waals surface area (Å²) in [5, 5.41) is 22.5. The van der Waals surface area contributed by atoms with Crippen molar-refractivity contribution < 1.29 is 19.7 Å². The molecule has 2 aliphatic heterocycles. The number of hydrogen-bond acceptors (Lipinski definition) is 5. The third-order valence-corrected chi connectivity index (χ3v) is 9.02. The Morgan fingerprint density at radius 2 is 1.82 bits per heavy atom. The Morgan fingerprint density at radius 1 is 1.05 bits per heavy atom. The van der Waals surface area contributed by atoms with E-state index in [0.29, 0.717) is 17.9 Å². The van der Waals surface area contributed by atoms with Crippen LogP contribution in [0.5, 0.6) is 5.75 Å². The maximum absolute atomic E-state index is 12.5. The molecule has 0 amide bonds. The van der Waals surface area contributed by atoms with E-state index in [4.69, 9.17) is 16.3 Å². The molecule has 6 nitrogen and oxygen atoms in total. The molecule has 0 aromatic heterocycles. The SMILES string of the molecule is C=C1C[C@](O)(C(=O)O)c2ccc3c(c2)N(CCCCCCCN1C)C[C@@]1(CCCc2cc(Cl)ccc21)CO3. The summed E-state index contributed by atoms with van der Waals surface area (Å²) >= 11 is 6.36. The van der Waals surface area contributed by atoms with Gasteiger partial charge in [0, 0.05) is 49.2 Å². The summed E-state index contributed by atoms with van der Waals surface area (Å²) in [5.41, 5.74) is 2.16. The highest BCUT2D eigenvalue weighted by Crippen LogP contribution is 2.45. The fourth-order valence-electron chi connectivity index (χ4n) is 6.48. The first-order chi connectivity index (χ1) is 18.2. The number of aliphatic carboxylic acids is 1. The quantitative estimate of drug-likeness (QED) is 0.472. The number of rotatable bonds is 1. The van der Waals surface area contributed by atoms with E-state index in [2.05, 4.69) is 23.6 Å². The van der Waals surface area contributed by atoms with Gasteiger partial charge in [-0.15, -0.1) is 0 Å². The van der Waals surface area contributed by atoms with E-state index in [1.165, 1.54) is 11.1 Å². The molecule has 2 aromatic rings. The van der Waals surface area contributed by atoms with Crippen molar-refractivity contribution in [3.8, 4) is 5.75 Å². The van der Waals surface area contributed by atoms with Crippen molar-refractivity contribution in [2.75, 3.05) is 38.2 Å². The molecule has 204 valence electrons. The number of ether oxygens (including phenoxy) is 1. The molecule has 2 bridgehead atoms. The first-order valence-corrected chi connectivity index (χ1v) is 14.3. The van der Waals surface area contributed by atoms with E-state index in [-0.39, 0.29) is 11.8 Å². The highest BCUT2D eigenvalue weighted by molar-refractivity contribution is 6.30. The number of benzene rings is 2. The average molecular weight is 539 g/mol. The molecule has 1 spiro atoms. The first-order valence-electron chi connectivity index (χ1n) is 13.9. The smallest absolute Gasteiger partial charge is 0.340 e. The minimum atomic E-state index is -2.08. The summed E-state index contributed by atoms with van der Waals surface area (Å²) in [6.45, 7) is 7.09. The van der Waals surface area contributed by atoms with Gasteiger partial charge in [-0.25, -0.2) is 4.79 Å². The lowest BCUT2D eigenvalue weighted by Crippen LogP contribution is -2.46. The Hall–Kier alpha value is -2.70. The molecule has 2 N–H and O–H groups in total. The third-order valence-electron chi connectivity index (χ3n) is 8.79. The summed E-state index contributed by atoms with van der Waals surface area (Å²) in [7, 11) is 1.92. The lowest BCUT2D eigenvalue weighted by atomic mass is 9.70. The Labute approximate surface area is 230 Å². The van der Waals surface area contributed by atoms with Crippen LogP contribution in [0, 0.1) is 0 Å². The van der Waals surface area contributed by atoms with Gasteiger partial charge in [-0.3, -0.25) is 0 Å². The molecule has 38 heavy (non-hydrogen) atoms. The Balaban J connectivity index is 1.57. The molecule has 1 aliphatic carbocycles. The lowest BCUT2D eigenvalue weighted by molar-refractivity contribution is -0.160. The molecule has 0 fully saturated rings. The standard InChI is InChI=1S/C31H39ClN2O4/c1-22-19-31(37,29(35)36)24-10-13-28-27(18-24)34(16-7-5-3-4-6-15-33(22)2)20-30(21-38-28)14-8-9-23-17-25(32)11-12-26(23)30/h10-13,17-18,37H,1,3-9,14-16,19-21H2,2H3,(H,35,36)/t30-,31+/m0/s1. The molecule has 0 radical (unpaired) electrons. The fraction of sp³-hybridized carbons (Fsp3) is 0.516. The normalized spacial score (nSPS) is 26.6. The van der Waals surface area contributed by atoms with E-state index in [0.717, 1.165) is 87.5 Å². The number of halogens is 1. The molecule has 2 aromatic carbocycles. The molecule has 0 saturated carbocycles. The summed E-state index contributed by atoms with van der Waals surface area (Å²) < 4.78 is 6.51. The van der Waals surface area contributed by atoms with Crippen molar-refractivity contribution >= 4 is 23.3 Å². The topological polar surface area (TPSA) is 73.2 Å². The number of aliphatic hydroxyl groups is 1. The zero-order valence-electron chi connectivity index (χ0n) is 22.3. The Bertz CT molecular complexity index is 1220. The number of carboxylic acids is 1. The molecular formula is C31H39ClN2O4. The van der Waals surface area contributed by atoms with Gasteiger partial charge in [-0.1, -0.05) is 49.6 Å². The van der Waals surface area contributed by atoms with E-state index in [1.54, 1.807) is 6.07 Å². The van der Waals surface area contributed by atoms with E-state index in [9.17, 15) is 15.0 Å². The lowest BCUT2D eigenvalue weighted by Gasteiger charge is -2.41. The first kappa shape index (κ1) is 26.9. The second-order valence-corrected chi connectivity index (χ2v) is 11.9. The van der Waals surface area contributed by atoms with E-state index >= 15 is 0 Å². The minimum absolute atomic E-state index is 0.0729. The third kappa shape index (κ3) is 5.13. The van der Waals surface area contributed by atoms with Crippen LogP contribution in [0.1, 0.15) is 68.1 Å². The summed E-state index contributed by atoms with van der Waals surface area (Å²) in [4.78, 5) is 16.8. The summed E-state index contributed by atoms with van der Waals surface area (Å²) in [5.74, 6) is -0.535. The monoisotopic (exact) mass is 538 g/mol. The number of hydrogen-bond donors (Lipinski definition) is 2. The molecular weight excluding hydrogens is 500 g/mol. The number of nitrogens with zero attached hydrogens (tertiary/aromatic N) is 2. The van der Waals surface area contributed by atoms with Crippen molar-refractivity contribution in [2.24, 2.45) is 0 Å². The molecule has 2 heterocycles. The van der Waals surface area contributed by atoms with Crippen LogP contribution in [0.25, 0.3) is 0 Å². The molecule has 0 saturated heterocycles. The van der Waals surface area contributed by atoms with Crippen molar-refractivity contribution in [2.45, 2.75) is 68.8 Å². The van der Waals surface area contributed by atoms with Crippen LogP contribution < -0.4 is 9.64 Å². The maximum atomic E-state index is 12.5. The van der Waals surface area contributed by atoms with E-state index < -0.39 is 11.6 Å². The van der Waals surface area contributed by atoms with Crippen LogP contribution >= 0.6 is 11.6 Å². The second kappa shape index (κ2) is 10.8. The van der Waals surface area contributed by atoms with E-state index in [1.807, 2.05) is 30.1 Å². The molecule has 3 aliphatic rings. The molecule has 0 unspecified atom stereocenters. The summed E-state index contributed by atoms with van der Waals surface area (Å²) in [6, 6.07) is 11.6. The van der Waals surface area contributed by atoms with Gasteiger partial charge >= 0.3 is 5.97 Å². The highest BCUT2D eigenvalue weighted by atomic mass is 35.5. The number of fused-ring (bicyclic) bond motifs is 3. The minimum Gasteiger partial charge on any atom is -0.490 e. The van der Waals surface area contributed by atoms with Crippen molar-refractivity contribution in [3.63, 3.8) is 0 Å². The number of anilines is 1. The molecule has 5 rings (SSSR count). The fourth-order valence-corrected chi connectivity index (χ4v) is 6.67. The van der Waals surface area contributed by atoms with Crippen LogP contribution in [-0.4, -0.2) is 54.4 Å². The Kier molecular flexibility index (Phi) is 7.65. The van der Waals surface area contributed by atoms with Crippen LogP contribution in [0.15, 0.2) is 48.7 Å². The van der Waals surface area contributed by atoms with Crippen molar-refractivity contribution in [1.82, 2.24) is 4.90 Å². The largest absolute Gasteiger partial charge is 0.490 e. The van der Waals surface area contributed by atoms with Crippen molar-refractivity contribution in [3.05, 3.63) is 70.4 Å². The zero-order valence-corrected chi connectivity index (χ0v) is 23.1. The molecule has 7 heteroatoms. The van der Waals surface area contributed by atoms with Gasteiger partial charge in [0.1, 0.15) is 5.75 Å². The number of carbonyl (C=O) groups is 1. The second-order valence-electron chi connectivity index (χ2n) is 11.4. The highest BCUT2D eigenvalue weighted by Gasteiger charge is 2.43. The predicted molar refractivity (Wildman–Crippen MR) is 151 cm³/mol. The number of carboxylic acid groups (broad SMARTS) is 1. The van der Waals surface area contributed by atoms with Crippen LogP contribution in [0.4, 0.5) is 5.69 Å². The van der Waals surface area contributed by atoms with Gasteiger partial charge in [-0.2, -0.15) is 0 Å².